The maximum absolute atomic E-state index is 12.1. The van der Waals surface area contributed by atoms with E-state index >= 15 is 0 Å². The molecule has 0 radical (unpaired) electrons. The number of rotatable bonds is 6. The number of nitrogens with one attached hydrogen (secondary N) is 1. The number of hydrogen-bond acceptors (Lipinski definition) is 3. The lowest BCUT2D eigenvalue weighted by molar-refractivity contribution is -0.133. The highest BCUT2D eigenvalue weighted by Crippen LogP contribution is 2.10. The van der Waals surface area contributed by atoms with Crippen LogP contribution in [0.2, 0.25) is 0 Å². The number of hydrogen-bond donors (Lipinski definition) is 1. The number of carbonyl (C=O) groups is 1. The molecule has 1 aromatic carbocycles. The summed E-state index contributed by atoms with van der Waals surface area (Å²) >= 11 is 0. The number of amides is 1. The van der Waals surface area contributed by atoms with Crippen LogP contribution in [-0.4, -0.2) is 43.1 Å². The van der Waals surface area contributed by atoms with Gasteiger partial charge >= 0.3 is 0 Å². The van der Waals surface area contributed by atoms with Gasteiger partial charge in [-0.2, -0.15) is 0 Å². The Balaban J connectivity index is 1.79. The molecule has 4 nitrogen and oxygen atoms in total. The van der Waals surface area contributed by atoms with Crippen molar-refractivity contribution in [3.05, 3.63) is 30.3 Å². The minimum atomic E-state index is 0.0556. The van der Waals surface area contributed by atoms with Crippen molar-refractivity contribution >= 4 is 5.91 Å². The molecule has 0 aromatic heterocycles. The number of benzene rings is 1. The van der Waals surface area contributed by atoms with Crippen molar-refractivity contribution < 1.29 is 9.53 Å². The highest BCUT2D eigenvalue weighted by molar-refractivity contribution is 5.77. The van der Waals surface area contributed by atoms with E-state index in [0.717, 1.165) is 31.8 Å². The standard InChI is InChI=1S/C15H22N2O2/c1-2-17(11-13-7-6-10-16-13)15(18)12-19-14-8-4-3-5-9-14/h3-5,8-9,13,16H,2,6-7,10-12H2,1H3. The fraction of sp³-hybridized carbons (Fsp3) is 0.533. The van der Waals surface area contributed by atoms with Crippen LogP contribution in [-0.2, 0) is 4.79 Å². The molecule has 1 amide bonds. The molecule has 2 rings (SSSR count). The quantitative estimate of drug-likeness (QED) is 0.848. The minimum Gasteiger partial charge on any atom is -0.484 e. The molecule has 0 saturated carbocycles. The molecule has 1 aliphatic rings. The van der Waals surface area contributed by atoms with Gasteiger partial charge in [-0.25, -0.2) is 0 Å². The highest BCUT2D eigenvalue weighted by atomic mass is 16.5. The van der Waals surface area contributed by atoms with E-state index in [9.17, 15) is 4.79 Å². The lowest BCUT2D eigenvalue weighted by atomic mass is 10.2. The lowest BCUT2D eigenvalue weighted by Crippen LogP contribution is -2.42. The van der Waals surface area contributed by atoms with Gasteiger partial charge in [-0.1, -0.05) is 18.2 Å². The van der Waals surface area contributed by atoms with Crippen molar-refractivity contribution in [2.24, 2.45) is 0 Å². The molecular formula is C15H22N2O2. The van der Waals surface area contributed by atoms with Gasteiger partial charge in [0.15, 0.2) is 6.61 Å². The summed E-state index contributed by atoms with van der Waals surface area (Å²) in [4.78, 5) is 14.0. The summed E-state index contributed by atoms with van der Waals surface area (Å²) in [5, 5.41) is 3.42. The summed E-state index contributed by atoms with van der Waals surface area (Å²) < 4.78 is 5.50. The fourth-order valence-corrected chi connectivity index (χ4v) is 2.34. The van der Waals surface area contributed by atoms with E-state index < -0.39 is 0 Å². The number of para-hydroxylation sites is 1. The van der Waals surface area contributed by atoms with Gasteiger partial charge in [0.1, 0.15) is 5.75 Å². The third-order valence-electron chi connectivity index (χ3n) is 3.44. The monoisotopic (exact) mass is 262 g/mol. The summed E-state index contributed by atoms with van der Waals surface area (Å²) in [7, 11) is 0. The number of likely N-dealkylation sites (N-methyl/N-ethyl adjacent to an activating group) is 1. The van der Waals surface area contributed by atoms with Crippen LogP contribution in [0.4, 0.5) is 0 Å². The number of ether oxygens (including phenoxy) is 1. The SMILES string of the molecule is CCN(CC1CCCN1)C(=O)COc1ccccc1. The molecule has 0 spiro atoms. The van der Waals surface area contributed by atoms with Crippen molar-refractivity contribution in [3.8, 4) is 5.75 Å². The molecule has 1 saturated heterocycles. The topological polar surface area (TPSA) is 41.6 Å². The van der Waals surface area contributed by atoms with Crippen LogP contribution in [0.1, 0.15) is 19.8 Å². The van der Waals surface area contributed by atoms with E-state index in [1.54, 1.807) is 0 Å². The Labute approximate surface area is 114 Å². The summed E-state index contributed by atoms with van der Waals surface area (Å²) in [5.41, 5.74) is 0. The third-order valence-corrected chi connectivity index (χ3v) is 3.44. The second-order valence-electron chi connectivity index (χ2n) is 4.83. The minimum absolute atomic E-state index is 0.0556. The molecule has 1 aromatic rings. The molecule has 0 aliphatic carbocycles. The maximum Gasteiger partial charge on any atom is 0.260 e. The zero-order valence-electron chi connectivity index (χ0n) is 11.5. The molecule has 4 heteroatoms. The predicted molar refractivity (Wildman–Crippen MR) is 75.2 cm³/mol. The van der Waals surface area contributed by atoms with Gasteiger partial charge in [-0.05, 0) is 38.4 Å². The summed E-state index contributed by atoms with van der Waals surface area (Å²) in [6, 6.07) is 9.91. The first kappa shape index (κ1) is 13.9. The zero-order valence-corrected chi connectivity index (χ0v) is 11.5. The molecule has 19 heavy (non-hydrogen) atoms. The van der Waals surface area contributed by atoms with Crippen molar-refractivity contribution in [2.45, 2.75) is 25.8 Å². The molecule has 1 fully saturated rings. The van der Waals surface area contributed by atoms with E-state index in [1.165, 1.54) is 6.42 Å². The Morgan fingerprint density at radius 2 is 2.21 bits per heavy atom. The highest BCUT2D eigenvalue weighted by Gasteiger charge is 2.20. The van der Waals surface area contributed by atoms with E-state index in [-0.39, 0.29) is 12.5 Å². The van der Waals surface area contributed by atoms with Crippen molar-refractivity contribution in [1.29, 1.82) is 0 Å². The van der Waals surface area contributed by atoms with Crippen LogP contribution in [0.5, 0.6) is 5.75 Å². The van der Waals surface area contributed by atoms with Crippen molar-refractivity contribution in [2.75, 3.05) is 26.2 Å². The van der Waals surface area contributed by atoms with E-state index in [2.05, 4.69) is 5.32 Å². The van der Waals surface area contributed by atoms with Gasteiger partial charge in [0, 0.05) is 19.1 Å². The van der Waals surface area contributed by atoms with Crippen LogP contribution in [0, 0.1) is 0 Å². The third kappa shape index (κ3) is 4.24. The van der Waals surface area contributed by atoms with E-state index in [0.29, 0.717) is 6.04 Å². The molecule has 1 aliphatic heterocycles. The Hall–Kier alpha value is -1.55. The smallest absolute Gasteiger partial charge is 0.260 e. The largest absolute Gasteiger partial charge is 0.484 e. The Morgan fingerprint density at radius 3 is 2.84 bits per heavy atom. The zero-order chi connectivity index (χ0) is 13.5. The fourth-order valence-electron chi connectivity index (χ4n) is 2.34. The first-order valence-corrected chi connectivity index (χ1v) is 6.98. The molecule has 1 atom stereocenters. The van der Waals surface area contributed by atoms with E-state index in [4.69, 9.17) is 4.74 Å². The molecule has 1 unspecified atom stereocenters. The van der Waals surface area contributed by atoms with Gasteiger partial charge in [0.25, 0.3) is 5.91 Å². The average Bonchev–Trinajstić information content (AvgIpc) is 2.96. The maximum atomic E-state index is 12.1. The molecular weight excluding hydrogens is 240 g/mol. The van der Waals surface area contributed by atoms with Crippen molar-refractivity contribution in [3.63, 3.8) is 0 Å². The van der Waals surface area contributed by atoms with Gasteiger partial charge in [0.05, 0.1) is 0 Å². The van der Waals surface area contributed by atoms with Crippen LogP contribution in [0.15, 0.2) is 30.3 Å². The normalized spacial score (nSPS) is 18.3. The summed E-state index contributed by atoms with van der Waals surface area (Å²) in [6.45, 7) is 4.71. The molecule has 1 N–H and O–H groups in total. The van der Waals surface area contributed by atoms with Crippen LogP contribution >= 0.6 is 0 Å². The average molecular weight is 262 g/mol. The van der Waals surface area contributed by atoms with Gasteiger partial charge in [0.2, 0.25) is 0 Å². The Bertz CT molecular complexity index is 388. The first-order valence-electron chi connectivity index (χ1n) is 6.98. The second-order valence-corrected chi connectivity index (χ2v) is 4.83. The Morgan fingerprint density at radius 1 is 1.42 bits per heavy atom. The molecule has 0 bridgehead atoms. The van der Waals surface area contributed by atoms with Gasteiger partial charge in [-0.15, -0.1) is 0 Å². The number of carbonyl (C=O) groups excluding carboxylic acids is 1. The second kappa shape index (κ2) is 7.14. The van der Waals surface area contributed by atoms with Crippen LogP contribution in [0.25, 0.3) is 0 Å². The van der Waals surface area contributed by atoms with Crippen LogP contribution in [0.3, 0.4) is 0 Å². The molecule has 104 valence electrons. The predicted octanol–water partition coefficient (Wildman–Crippen LogP) is 1.67. The van der Waals surface area contributed by atoms with E-state index in [1.807, 2.05) is 42.2 Å². The number of nitrogens with zero attached hydrogens (tertiary/aromatic N) is 1. The first-order chi connectivity index (χ1) is 9.29. The van der Waals surface area contributed by atoms with Crippen LogP contribution < -0.4 is 10.1 Å². The van der Waals surface area contributed by atoms with Gasteiger partial charge in [-0.3, -0.25) is 4.79 Å². The lowest BCUT2D eigenvalue weighted by Gasteiger charge is -2.24. The Kier molecular flexibility index (Phi) is 5.21. The summed E-state index contributed by atoms with van der Waals surface area (Å²) in [6.07, 6.45) is 2.36. The summed E-state index contributed by atoms with van der Waals surface area (Å²) in [5.74, 6) is 0.797. The van der Waals surface area contributed by atoms with Crippen molar-refractivity contribution in [1.82, 2.24) is 10.2 Å². The van der Waals surface area contributed by atoms with Gasteiger partial charge < -0.3 is 15.0 Å². The molecule has 1 heterocycles.